The lowest BCUT2D eigenvalue weighted by atomic mass is 10.3. The smallest absolute Gasteiger partial charge is 0.473 e. The Morgan fingerprint density at radius 2 is 2.03 bits per heavy atom. The van der Waals surface area contributed by atoms with Gasteiger partial charge in [0.25, 0.3) is 0 Å². The van der Waals surface area contributed by atoms with Crippen LogP contribution >= 0.6 is 11.6 Å². The lowest BCUT2D eigenvalue weighted by Gasteiger charge is -2.14. The topological polar surface area (TPSA) is 81.2 Å². The fourth-order valence-electron chi connectivity index (χ4n) is 2.90. The molecule has 0 radical (unpaired) electrons. The summed E-state index contributed by atoms with van der Waals surface area (Å²) in [5.74, 6) is 0.317. The minimum atomic E-state index is -4.82. The van der Waals surface area contributed by atoms with Crippen molar-refractivity contribution in [2.24, 2.45) is 0 Å². The van der Waals surface area contributed by atoms with E-state index < -0.39 is 12.1 Å². The second-order valence-corrected chi connectivity index (χ2v) is 6.70. The molecule has 1 aromatic carbocycles. The molecule has 1 atom stereocenters. The molecule has 0 aliphatic carbocycles. The molecule has 1 aliphatic rings. The summed E-state index contributed by atoms with van der Waals surface area (Å²) in [4.78, 5) is 12.8. The number of ether oxygens (including phenoxy) is 2. The highest BCUT2D eigenvalue weighted by Crippen LogP contribution is 2.33. The van der Waals surface area contributed by atoms with Crippen molar-refractivity contribution in [2.75, 3.05) is 18.4 Å². The van der Waals surface area contributed by atoms with Crippen LogP contribution in [0.25, 0.3) is 11.0 Å². The van der Waals surface area contributed by atoms with Gasteiger partial charge in [-0.25, -0.2) is 15.0 Å². The van der Waals surface area contributed by atoms with Gasteiger partial charge in [-0.1, -0.05) is 11.6 Å². The average molecular weight is 426 g/mol. The molecule has 1 aliphatic heterocycles. The van der Waals surface area contributed by atoms with Crippen molar-refractivity contribution in [3.8, 4) is 11.6 Å². The molecule has 0 unspecified atom stereocenters. The number of anilines is 2. The summed E-state index contributed by atoms with van der Waals surface area (Å²) in [6, 6.07) is 7.32. The summed E-state index contributed by atoms with van der Waals surface area (Å²) in [6.45, 7) is 1.64. The number of rotatable bonds is 5. The second kappa shape index (κ2) is 7.88. The number of fused-ring (bicyclic) bond motifs is 1. The van der Waals surface area contributed by atoms with Gasteiger partial charge in [-0.15, -0.1) is 13.2 Å². The van der Waals surface area contributed by atoms with Gasteiger partial charge in [0.15, 0.2) is 5.82 Å². The molecule has 3 aromatic rings. The van der Waals surface area contributed by atoms with Crippen LogP contribution in [-0.4, -0.2) is 40.5 Å². The fraction of sp³-hybridized carbons (Fsp3) is 0.278. The van der Waals surface area contributed by atoms with Gasteiger partial charge in [0.2, 0.25) is 5.88 Å². The maximum absolute atomic E-state index is 12.4. The molecular formula is C18H15ClF3N5O2. The first-order valence-corrected chi connectivity index (χ1v) is 9.07. The van der Waals surface area contributed by atoms with Crippen LogP contribution in [0, 0.1) is 0 Å². The van der Waals surface area contributed by atoms with E-state index in [1.165, 1.54) is 18.5 Å². The first-order valence-electron chi connectivity index (χ1n) is 8.69. The van der Waals surface area contributed by atoms with Crippen molar-refractivity contribution in [3.63, 3.8) is 0 Å². The number of nitrogens with one attached hydrogen (secondary N) is 2. The number of alkyl halides is 3. The highest BCUT2D eigenvalue weighted by Gasteiger charge is 2.32. The lowest BCUT2D eigenvalue weighted by molar-refractivity contribution is -0.274. The van der Waals surface area contributed by atoms with E-state index in [4.69, 9.17) is 16.3 Å². The lowest BCUT2D eigenvalue weighted by Crippen LogP contribution is -2.20. The van der Waals surface area contributed by atoms with Gasteiger partial charge in [0.1, 0.15) is 23.7 Å². The van der Waals surface area contributed by atoms with Crippen LogP contribution in [0.5, 0.6) is 11.6 Å². The molecule has 0 spiro atoms. The van der Waals surface area contributed by atoms with Crippen LogP contribution in [0.2, 0.25) is 5.02 Å². The molecule has 152 valence electrons. The Balaban J connectivity index is 1.59. The van der Waals surface area contributed by atoms with Crippen LogP contribution in [0.3, 0.4) is 0 Å². The standard InChI is InChI=1S/C18H15ClF3N5O2/c19-12-7-10(1-3-14(12)29-18(20,21)22)26-17-16-13(24-9-25-17)2-4-15(27-16)28-11-5-6-23-8-11/h1-4,7,9,11,23H,5-6,8H2,(H,24,25,26)/t11-/m0/s1. The Morgan fingerprint density at radius 1 is 1.17 bits per heavy atom. The molecule has 3 heterocycles. The normalized spacial score (nSPS) is 16.8. The molecule has 11 heteroatoms. The van der Waals surface area contributed by atoms with Crippen molar-refractivity contribution in [3.05, 3.63) is 41.7 Å². The summed E-state index contributed by atoms with van der Waals surface area (Å²) in [5.41, 5.74) is 1.46. The number of pyridine rings is 1. The van der Waals surface area contributed by atoms with Crippen molar-refractivity contribution in [1.82, 2.24) is 20.3 Å². The van der Waals surface area contributed by atoms with Crippen LogP contribution in [0.4, 0.5) is 24.7 Å². The number of hydrogen-bond donors (Lipinski definition) is 2. The van der Waals surface area contributed by atoms with E-state index in [-0.39, 0.29) is 11.1 Å². The number of nitrogens with zero attached hydrogens (tertiary/aromatic N) is 3. The first-order chi connectivity index (χ1) is 13.9. The van der Waals surface area contributed by atoms with Crippen LogP contribution in [-0.2, 0) is 0 Å². The van der Waals surface area contributed by atoms with E-state index in [1.807, 2.05) is 0 Å². The van der Waals surface area contributed by atoms with Crippen molar-refractivity contribution in [1.29, 1.82) is 0 Å². The minimum absolute atomic E-state index is 0.0426. The second-order valence-electron chi connectivity index (χ2n) is 6.29. The maximum atomic E-state index is 12.4. The van der Waals surface area contributed by atoms with E-state index in [1.54, 1.807) is 12.1 Å². The minimum Gasteiger partial charge on any atom is -0.473 e. The predicted molar refractivity (Wildman–Crippen MR) is 101 cm³/mol. The SMILES string of the molecule is FC(F)(F)Oc1ccc(Nc2ncnc3ccc(O[C@H]4CCNC4)nc23)cc1Cl. The Hall–Kier alpha value is -2.85. The first kappa shape index (κ1) is 19.5. The molecule has 7 nitrogen and oxygen atoms in total. The molecule has 0 saturated carbocycles. The Morgan fingerprint density at radius 3 is 2.76 bits per heavy atom. The summed E-state index contributed by atoms with van der Waals surface area (Å²) < 4.78 is 46.9. The quantitative estimate of drug-likeness (QED) is 0.638. The number of hydrogen-bond acceptors (Lipinski definition) is 7. The zero-order chi connectivity index (χ0) is 20.4. The molecule has 2 aromatic heterocycles. The van der Waals surface area contributed by atoms with Crippen molar-refractivity contribution < 1.29 is 22.6 Å². The maximum Gasteiger partial charge on any atom is 0.573 e. The highest BCUT2D eigenvalue weighted by atomic mass is 35.5. The van der Waals surface area contributed by atoms with Crippen molar-refractivity contribution in [2.45, 2.75) is 18.9 Å². The molecule has 1 saturated heterocycles. The van der Waals surface area contributed by atoms with Crippen LogP contribution in [0.15, 0.2) is 36.7 Å². The Kier molecular flexibility index (Phi) is 5.29. The monoisotopic (exact) mass is 425 g/mol. The Labute approximate surface area is 168 Å². The predicted octanol–water partition coefficient (Wildman–Crippen LogP) is 4.06. The molecular weight excluding hydrogens is 411 g/mol. The third kappa shape index (κ3) is 4.77. The van der Waals surface area contributed by atoms with Crippen LogP contribution < -0.4 is 20.1 Å². The highest BCUT2D eigenvalue weighted by molar-refractivity contribution is 6.32. The summed E-state index contributed by atoms with van der Waals surface area (Å²) in [6.07, 6.45) is -2.53. The third-order valence-corrected chi connectivity index (χ3v) is 4.47. The van der Waals surface area contributed by atoms with Gasteiger partial charge in [-0.3, -0.25) is 0 Å². The van der Waals surface area contributed by atoms with E-state index >= 15 is 0 Å². The molecule has 2 N–H and O–H groups in total. The molecule has 4 rings (SSSR count). The summed E-state index contributed by atoms with van der Waals surface area (Å²) in [7, 11) is 0. The van der Waals surface area contributed by atoms with Gasteiger partial charge in [0.05, 0.1) is 10.5 Å². The van der Waals surface area contributed by atoms with Gasteiger partial charge < -0.3 is 20.1 Å². The van der Waals surface area contributed by atoms with Crippen molar-refractivity contribution >= 4 is 34.1 Å². The van der Waals surface area contributed by atoms with Gasteiger partial charge in [-0.05, 0) is 37.2 Å². The number of halogens is 4. The van der Waals surface area contributed by atoms with Gasteiger partial charge >= 0.3 is 6.36 Å². The number of benzene rings is 1. The summed E-state index contributed by atoms with van der Waals surface area (Å²) >= 11 is 5.90. The largest absolute Gasteiger partial charge is 0.573 e. The summed E-state index contributed by atoms with van der Waals surface area (Å²) in [5, 5.41) is 6.01. The zero-order valence-electron chi connectivity index (χ0n) is 14.8. The fourth-order valence-corrected chi connectivity index (χ4v) is 3.12. The van der Waals surface area contributed by atoms with E-state index in [2.05, 4.69) is 30.3 Å². The van der Waals surface area contributed by atoms with E-state index in [0.717, 1.165) is 25.6 Å². The molecule has 1 fully saturated rings. The Bertz CT molecular complexity index is 1030. The van der Waals surface area contributed by atoms with E-state index in [9.17, 15) is 13.2 Å². The van der Waals surface area contributed by atoms with Gasteiger partial charge in [0, 0.05) is 18.3 Å². The average Bonchev–Trinajstić information content (AvgIpc) is 3.16. The molecule has 29 heavy (non-hydrogen) atoms. The van der Waals surface area contributed by atoms with Gasteiger partial charge in [-0.2, -0.15) is 0 Å². The molecule has 0 bridgehead atoms. The zero-order valence-corrected chi connectivity index (χ0v) is 15.6. The van der Waals surface area contributed by atoms with E-state index in [0.29, 0.717) is 28.4 Å². The molecule has 0 amide bonds. The third-order valence-electron chi connectivity index (χ3n) is 4.18. The van der Waals surface area contributed by atoms with Crippen LogP contribution in [0.1, 0.15) is 6.42 Å². The number of aromatic nitrogens is 3.